The van der Waals surface area contributed by atoms with Gasteiger partial charge in [-0.2, -0.15) is 16.7 Å². The van der Waals surface area contributed by atoms with E-state index in [9.17, 15) is 19.1 Å². The molecule has 2 aromatic rings. The fourth-order valence-electron chi connectivity index (χ4n) is 2.87. The summed E-state index contributed by atoms with van der Waals surface area (Å²) in [5.41, 5.74) is -0.184. The molecular formula is C18H20FN3O4S. The smallest absolute Gasteiger partial charge is 0.329 e. The Morgan fingerprint density at radius 3 is 2.78 bits per heavy atom. The molecule has 9 heteroatoms. The Hall–Kier alpha value is -2.42. The highest BCUT2D eigenvalue weighted by molar-refractivity contribution is 7.99. The van der Waals surface area contributed by atoms with Gasteiger partial charge in [-0.05, 0) is 42.9 Å². The second-order valence-electron chi connectivity index (χ2n) is 6.52. The molecule has 0 aliphatic carbocycles. The van der Waals surface area contributed by atoms with Crippen LogP contribution in [0, 0.1) is 12.7 Å². The highest BCUT2D eigenvalue weighted by Gasteiger charge is 2.41. The van der Waals surface area contributed by atoms with E-state index < -0.39 is 11.5 Å². The van der Waals surface area contributed by atoms with Crippen molar-refractivity contribution in [3.8, 4) is 11.4 Å². The van der Waals surface area contributed by atoms with Crippen molar-refractivity contribution in [1.82, 2.24) is 15.5 Å². The second kappa shape index (κ2) is 8.08. The highest BCUT2D eigenvalue weighted by Crippen LogP contribution is 2.27. The zero-order valence-electron chi connectivity index (χ0n) is 14.8. The number of nitrogens with zero attached hydrogens (tertiary/aromatic N) is 2. The zero-order valence-corrected chi connectivity index (χ0v) is 15.6. The van der Waals surface area contributed by atoms with Crippen LogP contribution in [-0.4, -0.2) is 44.2 Å². The van der Waals surface area contributed by atoms with Gasteiger partial charge in [-0.25, -0.2) is 9.18 Å². The number of carboxylic acids is 1. The topological polar surface area (TPSA) is 105 Å². The minimum atomic E-state index is -1.19. The number of aliphatic carboxylic acids is 1. The molecule has 1 saturated heterocycles. The van der Waals surface area contributed by atoms with E-state index in [0.717, 1.165) is 0 Å². The normalized spacial score (nSPS) is 16.1. The first-order valence-electron chi connectivity index (χ1n) is 8.61. The van der Waals surface area contributed by atoms with Gasteiger partial charge in [-0.15, -0.1) is 0 Å². The van der Waals surface area contributed by atoms with Gasteiger partial charge in [0.15, 0.2) is 0 Å². The number of thioether (sulfide) groups is 1. The van der Waals surface area contributed by atoms with E-state index in [4.69, 9.17) is 4.52 Å². The minimum absolute atomic E-state index is 0.0338. The summed E-state index contributed by atoms with van der Waals surface area (Å²) in [4.78, 5) is 28.0. The summed E-state index contributed by atoms with van der Waals surface area (Å²) in [6.07, 6.45) is 1.02. The molecule has 0 unspecified atom stereocenters. The Balaban J connectivity index is 1.60. The number of carbonyl (C=O) groups is 2. The molecule has 7 nitrogen and oxygen atoms in total. The predicted molar refractivity (Wildman–Crippen MR) is 97.8 cm³/mol. The summed E-state index contributed by atoms with van der Waals surface area (Å²) >= 11 is 1.68. The molecule has 1 aromatic heterocycles. The molecule has 1 aromatic carbocycles. The van der Waals surface area contributed by atoms with E-state index in [1.54, 1.807) is 30.8 Å². The van der Waals surface area contributed by atoms with Gasteiger partial charge in [-0.3, -0.25) is 4.79 Å². The van der Waals surface area contributed by atoms with Gasteiger partial charge in [0, 0.05) is 18.4 Å². The van der Waals surface area contributed by atoms with E-state index in [2.05, 4.69) is 15.5 Å². The number of nitrogens with one attached hydrogen (secondary N) is 1. The summed E-state index contributed by atoms with van der Waals surface area (Å²) in [5.74, 6) is 0.158. The van der Waals surface area contributed by atoms with Crippen molar-refractivity contribution in [2.45, 2.75) is 38.1 Å². The van der Waals surface area contributed by atoms with E-state index in [-0.39, 0.29) is 36.3 Å². The number of carboxylic acid groups (broad SMARTS) is 1. The number of hydrogen-bond donors (Lipinski definition) is 2. The lowest BCUT2D eigenvalue weighted by Crippen LogP contribution is -2.56. The number of hydrogen-bond acceptors (Lipinski definition) is 6. The first kappa shape index (κ1) is 19.3. The van der Waals surface area contributed by atoms with Crippen molar-refractivity contribution < 1.29 is 23.6 Å². The molecule has 0 atom stereocenters. The monoisotopic (exact) mass is 393 g/mol. The zero-order chi connectivity index (χ0) is 19.4. The van der Waals surface area contributed by atoms with Crippen molar-refractivity contribution in [2.75, 3.05) is 11.5 Å². The van der Waals surface area contributed by atoms with Gasteiger partial charge in [0.1, 0.15) is 11.4 Å². The first-order valence-corrected chi connectivity index (χ1v) is 9.76. The maximum Gasteiger partial charge on any atom is 0.329 e. The fourth-order valence-corrected chi connectivity index (χ4v) is 4.06. The molecule has 2 N–H and O–H groups in total. The van der Waals surface area contributed by atoms with Crippen molar-refractivity contribution in [1.29, 1.82) is 0 Å². The van der Waals surface area contributed by atoms with Crippen molar-refractivity contribution in [3.63, 3.8) is 0 Å². The number of halogens is 1. The van der Waals surface area contributed by atoms with Crippen LogP contribution in [0.2, 0.25) is 0 Å². The lowest BCUT2D eigenvalue weighted by molar-refractivity contribution is -0.148. The second-order valence-corrected chi connectivity index (χ2v) is 7.75. The molecule has 0 radical (unpaired) electrons. The molecule has 2 heterocycles. The van der Waals surface area contributed by atoms with Gasteiger partial charge < -0.3 is 14.9 Å². The predicted octanol–water partition coefficient (Wildman–Crippen LogP) is 2.58. The van der Waals surface area contributed by atoms with Crippen molar-refractivity contribution in [2.24, 2.45) is 0 Å². The van der Waals surface area contributed by atoms with Gasteiger partial charge in [0.05, 0.1) is 0 Å². The summed E-state index contributed by atoms with van der Waals surface area (Å²) in [5, 5.41) is 16.0. The molecule has 144 valence electrons. The average Bonchev–Trinajstić information content (AvgIpc) is 3.12. The minimum Gasteiger partial charge on any atom is -0.480 e. The van der Waals surface area contributed by atoms with E-state index in [0.29, 0.717) is 35.5 Å². The largest absolute Gasteiger partial charge is 0.480 e. The van der Waals surface area contributed by atoms with E-state index in [1.165, 1.54) is 6.07 Å². The van der Waals surface area contributed by atoms with Gasteiger partial charge >= 0.3 is 5.97 Å². The lowest BCUT2D eigenvalue weighted by atomic mass is 9.92. The summed E-state index contributed by atoms with van der Waals surface area (Å²) in [7, 11) is 0. The molecule has 1 amide bonds. The van der Waals surface area contributed by atoms with Gasteiger partial charge in [-0.1, -0.05) is 17.3 Å². The Bertz CT molecular complexity index is 849. The van der Waals surface area contributed by atoms with E-state index in [1.807, 2.05) is 0 Å². The number of benzene rings is 1. The maximum absolute atomic E-state index is 13.7. The molecule has 0 bridgehead atoms. The highest BCUT2D eigenvalue weighted by atomic mass is 32.2. The summed E-state index contributed by atoms with van der Waals surface area (Å²) in [6, 6.07) is 4.65. The SMILES string of the molecule is Cc1ccc(-c2noc(CCC(=O)NC3(C(=O)O)CCSCC3)n2)cc1F. The Morgan fingerprint density at radius 2 is 2.11 bits per heavy atom. The Morgan fingerprint density at radius 1 is 1.37 bits per heavy atom. The van der Waals surface area contributed by atoms with Crippen LogP contribution in [0.1, 0.15) is 30.7 Å². The number of aryl methyl sites for hydroxylation is 2. The van der Waals surface area contributed by atoms with Crippen LogP contribution in [-0.2, 0) is 16.0 Å². The van der Waals surface area contributed by atoms with E-state index >= 15 is 0 Å². The lowest BCUT2D eigenvalue weighted by Gasteiger charge is -2.33. The third-order valence-electron chi connectivity index (χ3n) is 4.60. The Kier molecular flexibility index (Phi) is 5.79. The number of amides is 1. The average molecular weight is 393 g/mol. The molecule has 27 heavy (non-hydrogen) atoms. The van der Waals surface area contributed by atoms with Crippen LogP contribution in [0.15, 0.2) is 22.7 Å². The Labute approximate surface area is 159 Å². The van der Waals surface area contributed by atoms with Crippen molar-refractivity contribution >= 4 is 23.6 Å². The van der Waals surface area contributed by atoms with Crippen LogP contribution in [0.5, 0.6) is 0 Å². The number of aromatic nitrogens is 2. The van der Waals surface area contributed by atoms with Crippen LogP contribution in [0.25, 0.3) is 11.4 Å². The summed E-state index contributed by atoms with van der Waals surface area (Å²) < 4.78 is 18.8. The standard InChI is InChI=1S/C18H20FN3O4S/c1-11-2-3-12(10-13(11)19)16-20-15(26-22-16)5-4-14(23)21-18(17(24)25)6-8-27-9-7-18/h2-3,10H,4-9H2,1H3,(H,21,23)(H,24,25). The van der Waals surface area contributed by atoms with Crippen LogP contribution in [0.4, 0.5) is 4.39 Å². The first-order chi connectivity index (χ1) is 12.9. The molecule has 0 saturated carbocycles. The van der Waals surface area contributed by atoms with Crippen LogP contribution in [0.3, 0.4) is 0 Å². The molecular weight excluding hydrogens is 373 g/mol. The van der Waals surface area contributed by atoms with Crippen LogP contribution < -0.4 is 5.32 Å². The quantitative estimate of drug-likeness (QED) is 0.777. The maximum atomic E-state index is 13.7. The summed E-state index contributed by atoms with van der Waals surface area (Å²) in [6.45, 7) is 1.66. The van der Waals surface area contributed by atoms with Crippen LogP contribution >= 0.6 is 11.8 Å². The number of rotatable bonds is 6. The third kappa shape index (κ3) is 4.47. The molecule has 3 rings (SSSR count). The van der Waals surface area contributed by atoms with Gasteiger partial charge in [0.25, 0.3) is 0 Å². The number of carbonyl (C=O) groups excluding carboxylic acids is 1. The molecule has 1 aliphatic rings. The molecule has 1 fully saturated rings. The van der Waals surface area contributed by atoms with Gasteiger partial charge in [0.2, 0.25) is 17.6 Å². The molecule has 1 aliphatic heterocycles. The molecule has 0 spiro atoms. The van der Waals surface area contributed by atoms with Crippen molar-refractivity contribution in [3.05, 3.63) is 35.5 Å². The fraction of sp³-hybridized carbons (Fsp3) is 0.444. The third-order valence-corrected chi connectivity index (χ3v) is 5.58.